The van der Waals surface area contributed by atoms with Gasteiger partial charge in [0.25, 0.3) is 5.69 Å². The van der Waals surface area contributed by atoms with Gasteiger partial charge in [-0.15, -0.1) is 0 Å². The average molecular weight is 338 g/mol. The Hall–Kier alpha value is -2.08. The number of nitro groups is 1. The molecule has 0 unspecified atom stereocenters. The van der Waals surface area contributed by atoms with Crippen LogP contribution in [0.2, 0.25) is 0 Å². The summed E-state index contributed by atoms with van der Waals surface area (Å²) in [6.45, 7) is 0.383. The largest absolute Gasteiger partial charge is 0.497 e. The Balaban J connectivity index is 2.03. The third-order valence-electron chi connectivity index (χ3n) is 2.68. The van der Waals surface area contributed by atoms with Crippen LogP contribution in [0.25, 0.3) is 0 Å². The molecule has 0 atom stereocenters. The monoisotopic (exact) mass is 337 g/mol. The van der Waals surface area contributed by atoms with Crippen molar-refractivity contribution in [3.8, 4) is 11.5 Å². The van der Waals surface area contributed by atoms with Crippen LogP contribution in [0.5, 0.6) is 11.5 Å². The maximum absolute atomic E-state index is 10.7. The quantitative estimate of drug-likeness (QED) is 0.612. The molecule has 0 bridgehead atoms. The van der Waals surface area contributed by atoms with E-state index in [2.05, 4.69) is 15.9 Å². The first-order valence-electron chi connectivity index (χ1n) is 5.80. The summed E-state index contributed by atoms with van der Waals surface area (Å²) in [5, 5.41) is 10.7. The summed E-state index contributed by atoms with van der Waals surface area (Å²) < 4.78 is 11.1. The molecule has 0 radical (unpaired) electrons. The summed E-state index contributed by atoms with van der Waals surface area (Å²) in [7, 11) is 1.61. The number of halogens is 1. The molecule has 0 aromatic heterocycles. The van der Waals surface area contributed by atoms with Crippen LogP contribution in [0, 0.1) is 10.1 Å². The van der Waals surface area contributed by atoms with Gasteiger partial charge < -0.3 is 9.47 Å². The van der Waals surface area contributed by atoms with E-state index in [0.29, 0.717) is 16.8 Å². The van der Waals surface area contributed by atoms with Gasteiger partial charge in [0.1, 0.15) is 18.1 Å². The number of ether oxygens (including phenoxy) is 2. The van der Waals surface area contributed by atoms with Gasteiger partial charge in [-0.25, -0.2) is 0 Å². The van der Waals surface area contributed by atoms with Crippen LogP contribution in [-0.2, 0) is 6.61 Å². The molecule has 0 N–H and O–H groups in total. The maximum Gasteiger partial charge on any atom is 0.283 e. The predicted octanol–water partition coefficient (Wildman–Crippen LogP) is 3.94. The van der Waals surface area contributed by atoms with E-state index in [9.17, 15) is 10.1 Å². The molecule has 2 aromatic rings. The lowest BCUT2D eigenvalue weighted by Crippen LogP contribution is -1.96. The van der Waals surface area contributed by atoms with Crippen molar-refractivity contribution in [3.63, 3.8) is 0 Å². The number of methoxy groups -OCH3 is 1. The highest BCUT2D eigenvalue weighted by atomic mass is 79.9. The second kappa shape index (κ2) is 6.38. The number of nitrogens with zero attached hydrogens (tertiary/aromatic N) is 1. The van der Waals surface area contributed by atoms with Gasteiger partial charge in [0.15, 0.2) is 0 Å². The minimum absolute atomic E-state index is 0.0156. The molecule has 20 heavy (non-hydrogen) atoms. The molecule has 2 aromatic carbocycles. The van der Waals surface area contributed by atoms with E-state index in [-0.39, 0.29) is 5.69 Å². The van der Waals surface area contributed by atoms with E-state index in [1.807, 2.05) is 24.3 Å². The first-order valence-corrected chi connectivity index (χ1v) is 6.59. The fourth-order valence-corrected chi connectivity index (χ4v) is 2.12. The van der Waals surface area contributed by atoms with Crippen LogP contribution in [0.1, 0.15) is 5.56 Å². The summed E-state index contributed by atoms with van der Waals surface area (Å²) in [5.74, 6) is 1.35. The van der Waals surface area contributed by atoms with E-state index in [4.69, 9.17) is 9.47 Å². The highest BCUT2D eigenvalue weighted by Crippen LogP contribution is 2.29. The topological polar surface area (TPSA) is 61.6 Å². The summed E-state index contributed by atoms with van der Waals surface area (Å²) >= 11 is 3.15. The maximum atomic E-state index is 10.7. The minimum atomic E-state index is -0.447. The van der Waals surface area contributed by atoms with Crippen molar-refractivity contribution >= 4 is 21.6 Å². The molecule has 104 valence electrons. The molecular weight excluding hydrogens is 326 g/mol. The van der Waals surface area contributed by atoms with Crippen LogP contribution in [0.3, 0.4) is 0 Å². The van der Waals surface area contributed by atoms with Crippen molar-refractivity contribution in [1.82, 2.24) is 0 Å². The zero-order valence-corrected chi connectivity index (χ0v) is 12.3. The molecule has 0 saturated carbocycles. The lowest BCUT2D eigenvalue weighted by Gasteiger charge is -2.07. The third-order valence-corrected chi connectivity index (χ3v) is 3.32. The molecule has 0 amide bonds. The number of benzene rings is 2. The van der Waals surface area contributed by atoms with Gasteiger partial charge in [-0.2, -0.15) is 0 Å². The van der Waals surface area contributed by atoms with Crippen molar-refractivity contribution in [2.75, 3.05) is 7.11 Å². The van der Waals surface area contributed by atoms with Crippen molar-refractivity contribution in [1.29, 1.82) is 0 Å². The van der Waals surface area contributed by atoms with E-state index < -0.39 is 4.92 Å². The van der Waals surface area contributed by atoms with E-state index in [1.165, 1.54) is 6.07 Å². The van der Waals surface area contributed by atoms with Gasteiger partial charge in [0.05, 0.1) is 16.5 Å². The smallest absolute Gasteiger partial charge is 0.283 e. The standard InChI is InChI=1S/C14H12BrNO4/c1-19-11-4-2-10(3-5-11)9-20-12-6-7-14(16(17)18)13(15)8-12/h2-8H,9H2,1H3. The Morgan fingerprint density at radius 3 is 2.35 bits per heavy atom. The average Bonchev–Trinajstić information content (AvgIpc) is 2.45. The minimum Gasteiger partial charge on any atom is -0.497 e. The normalized spacial score (nSPS) is 10.1. The molecule has 0 fully saturated rings. The number of hydrogen-bond acceptors (Lipinski definition) is 4. The van der Waals surface area contributed by atoms with Crippen LogP contribution in [-0.4, -0.2) is 12.0 Å². The second-order valence-corrected chi connectivity index (χ2v) is 4.86. The molecule has 2 rings (SSSR count). The Bertz CT molecular complexity index is 613. The molecule has 0 aliphatic heterocycles. The van der Waals surface area contributed by atoms with Gasteiger partial charge in [0.2, 0.25) is 0 Å². The van der Waals surface area contributed by atoms with Gasteiger partial charge in [0, 0.05) is 12.1 Å². The number of rotatable bonds is 5. The molecule has 0 aliphatic rings. The van der Waals surface area contributed by atoms with Crippen molar-refractivity contribution < 1.29 is 14.4 Å². The summed E-state index contributed by atoms with van der Waals surface area (Å²) in [5.41, 5.74) is 1.00. The Kier molecular flexibility index (Phi) is 4.57. The van der Waals surface area contributed by atoms with Crippen LogP contribution >= 0.6 is 15.9 Å². The van der Waals surface area contributed by atoms with Crippen molar-refractivity contribution in [2.24, 2.45) is 0 Å². The highest BCUT2D eigenvalue weighted by molar-refractivity contribution is 9.10. The van der Waals surface area contributed by atoms with Gasteiger partial charge in [-0.1, -0.05) is 12.1 Å². The summed E-state index contributed by atoms with van der Waals surface area (Å²) in [6.07, 6.45) is 0. The SMILES string of the molecule is COc1ccc(COc2ccc([N+](=O)[O-])c(Br)c2)cc1. The Morgan fingerprint density at radius 2 is 1.80 bits per heavy atom. The molecule has 0 heterocycles. The van der Waals surface area contributed by atoms with Gasteiger partial charge in [-0.05, 0) is 39.7 Å². The zero-order chi connectivity index (χ0) is 14.5. The molecule has 5 nitrogen and oxygen atoms in total. The van der Waals surface area contributed by atoms with Gasteiger partial charge >= 0.3 is 0 Å². The third kappa shape index (κ3) is 3.48. The van der Waals surface area contributed by atoms with Gasteiger partial charge in [-0.3, -0.25) is 10.1 Å². The van der Waals surface area contributed by atoms with Crippen molar-refractivity contribution in [3.05, 3.63) is 62.6 Å². The molecule has 6 heteroatoms. The van der Waals surface area contributed by atoms with Crippen LogP contribution in [0.15, 0.2) is 46.9 Å². The summed E-state index contributed by atoms with van der Waals surface area (Å²) in [6, 6.07) is 12.1. The first kappa shape index (κ1) is 14.3. The van der Waals surface area contributed by atoms with E-state index in [0.717, 1.165) is 11.3 Å². The molecular formula is C14H12BrNO4. The van der Waals surface area contributed by atoms with Crippen LogP contribution < -0.4 is 9.47 Å². The Morgan fingerprint density at radius 1 is 1.15 bits per heavy atom. The van der Waals surface area contributed by atoms with E-state index in [1.54, 1.807) is 19.2 Å². The van der Waals surface area contributed by atoms with Crippen molar-refractivity contribution in [2.45, 2.75) is 6.61 Å². The fourth-order valence-electron chi connectivity index (χ4n) is 1.61. The second-order valence-electron chi connectivity index (χ2n) is 4.01. The fraction of sp³-hybridized carbons (Fsp3) is 0.143. The molecule has 0 saturated heterocycles. The lowest BCUT2D eigenvalue weighted by molar-refractivity contribution is -0.385. The highest BCUT2D eigenvalue weighted by Gasteiger charge is 2.12. The molecule has 0 spiro atoms. The molecule has 0 aliphatic carbocycles. The number of hydrogen-bond donors (Lipinski definition) is 0. The Labute approximate surface area is 124 Å². The first-order chi connectivity index (χ1) is 9.60. The summed E-state index contributed by atoms with van der Waals surface area (Å²) in [4.78, 5) is 10.2. The van der Waals surface area contributed by atoms with Crippen LogP contribution in [0.4, 0.5) is 5.69 Å². The number of nitro benzene ring substituents is 1. The lowest BCUT2D eigenvalue weighted by atomic mass is 10.2. The van der Waals surface area contributed by atoms with E-state index >= 15 is 0 Å². The zero-order valence-electron chi connectivity index (χ0n) is 10.7. The predicted molar refractivity (Wildman–Crippen MR) is 78.1 cm³/mol.